The highest BCUT2D eigenvalue weighted by molar-refractivity contribution is 6.32. The van der Waals surface area contributed by atoms with E-state index in [0.717, 1.165) is 5.56 Å². The Balaban J connectivity index is 1.90. The van der Waals surface area contributed by atoms with E-state index >= 15 is 0 Å². The van der Waals surface area contributed by atoms with E-state index in [1.165, 1.54) is 0 Å². The molecule has 0 fully saturated rings. The zero-order valence-corrected chi connectivity index (χ0v) is 12.8. The van der Waals surface area contributed by atoms with Crippen molar-refractivity contribution >= 4 is 28.9 Å². The van der Waals surface area contributed by atoms with Crippen molar-refractivity contribution in [3.8, 4) is 5.75 Å². The summed E-state index contributed by atoms with van der Waals surface area (Å²) in [6.07, 6.45) is 0. The number of carbonyl (C=O) groups excluding carboxylic acids is 1. The zero-order chi connectivity index (χ0) is 15.9. The van der Waals surface area contributed by atoms with E-state index in [4.69, 9.17) is 22.1 Å². The van der Waals surface area contributed by atoms with E-state index in [0.29, 0.717) is 22.2 Å². The molecule has 0 aromatic heterocycles. The number of nitrogens with two attached hydrogens (primary N) is 1. The number of hydrogen-bond acceptors (Lipinski definition) is 4. The molecule has 0 saturated heterocycles. The molecule has 0 spiro atoms. The maximum Gasteiger partial charge on any atom is 0.277 e. The van der Waals surface area contributed by atoms with Crippen molar-refractivity contribution in [2.75, 3.05) is 12.3 Å². The highest BCUT2D eigenvalue weighted by atomic mass is 35.5. The molecular formula is C16H16ClN3O2. The lowest BCUT2D eigenvalue weighted by molar-refractivity contribution is -0.123. The molecule has 5 nitrogen and oxygen atoms in total. The Hall–Kier alpha value is -2.53. The van der Waals surface area contributed by atoms with Crippen molar-refractivity contribution < 1.29 is 9.53 Å². The van der Waals surface area contributed by atoms with Crippen LogP contribution in [0.5, 0.6) is 5.75 Å². The van der Waals surface area contributed by atoms with Gasteiger partial charge in [-0.3, -0.25) is 4.79 Å². The van der Waals surface area contributed by atoms with Gasteiger partial charge in [-0.25, -0.2) is 5.43 Å². The standard InChI is InChI=1S/C16H16ClN3O2/c1-11(12-5-4-6-13(18)9-12)19-20-16(21)10-22-15-8-3-2-7-14(15)17/h2-9H,10,18H2,1H3,(H,20,21)/b19-11+. The fourth-order valence-electron chi connectivity index (χ4n) is 1.71. The van der Waals surface area contributed by atoms with Gasteiger partial charge in [0.1, 0.15) is 5.75 Å². The van der Waals surface area contributed by atoms with Crippen molar-refractivity contribution in [3.05, 3.63) is 59.1 Å². The lowest BCUT2D eigenvalue weighted by atomic mass is 10.1. The number of carbonyl (C=O) groups is 1. The van der Waals surface area contributed by atoms with Crippen molar-refractivity contribution in [1.29, 1.82) is 0 Å². The first-order valence-electron chi connectivity index (χ1n) is 6.62. The van der Waals surface area contributed by atoms with Crippen molar-refractivity contribution in [2.45, 2.75) is 6.92 Å². The fourth-order valence-corrected chi connectivity index (χ4v) is 1.90. The first-order chi connectivity index (χ1) is 10.6. The molecule has 0 heterocycles. The van der Waals surface area contributed by atoms with Gasteiger partial charge in [0, 0.05) is 5.69 Å². The van der Waals surface area contributed by atoms with Crippen LogP contribution in [0, 0.1) is 0 Å². The topological polar surface area (TPSA) is 76.7 Å². The predicted molar refractivity (Wildman–Crippen MR) is 88.2 cm³/mol. The minimum Gasteiger partial charge on any atom is -0.482 e. The van der Waals surface area contributed by atoms with Crippen molar-refractivity contribution in [3.63, 3.8) is 0 Å². The number of hydrazone groups is 1. The molecule has 2 rings (SSSR count). The van der Waals surface area contributed by atoms with Crippen LogP contribution in [-0.2, 0) is 4.79 Å². The van der Waals surface area contributed by atoms with Gasteiger partial charge < -0.3 is 10.5 Å². The van der Waals surface area contributed by atoms with Gasteiger partial charge in [0.25, 0.3) is 5.91 Å². The molecular weight excluding hydrogens is 302 g/mol. The average molecular weight is 318 g/mol. The summed E-state index contributed by atoms with van der Waals surface area (Å²) in [7, 11) is 0. The summed E-state index contributed by atoms with van der Waals surface area (Å²) in [4.78, 5) is 11.7. The number of ether oxygens (including phenoxy) is 1. The van der Waals surface area contributed by atoms with Gasteiger partial charge in [-0.15, -0.1) is 0 Å². The molecule has 6 heteroatoms. The summed E-state index contributed by atoms with van der Waals surface area (Å²) in [5.74, 6) is 0.0824. The number of halogens is 1. The molecule has 0 aliphatic heterocycles. The third-order valence-corrected chi connectivity index (χ3v) is 3.16. The number of benzene rings is 2. The number of nitrogen functional groups attached to an aromatic ring is 1. The number of anilines is 1. The largest absolute Gasteiger partial charge is 0.482 e. The van der Waals surface area contributed by atoms with Crippen LogP contribution in [0.25, 0.3) is 0 Å². The number of rotatable bonds is 5. The Morgan fingerprint density at radius 3 is 2.77 bits per heavy atom. The van der Waals surface area contributed by atoms with Crippen LogP contribution in [0.2, 0.25) is 5.02 Å². The van der Waals surface area contributed by atoms with Crippen LogP contribution >= 0.6 is 11.6 Å². The Morgan fingerprint density at radius 1 is 1.27 bits per heavy atom. The summed E-state index contributed by atoms with van der Waals surface area (Å²) in [6.45, 7) is 1.61. The first-order valence-corrected chi connectivity index (χ1v) is 7.00. The van der Waals surface area contributed by atoms with Crippen LogP contribution in [0.15, 0.2) is 53.6 Å². The molecule has 0 atom stereocenters. The number of para-hydroxylation sites is 1. The van der Waals surface area contributed by atoms with E-state index < -0.39 is 0 Å². The Bertz CT molecular complexity index is 701. The third kappa shape index (κ3) is 4.49. The summed E-state index contributed by atoms with van der Waals surface area (Å²) in [5.41, 5.74) is 10.3. The van der Waals surface area contributed by atoms with Crippen molar-refractivity contribution in [1.82, 2.24) is 5.43 Å². The average Bonchev–Trinajstić information content (AvgIpc) is 2.52. The monoisotopic (exact) mass is 317 g/mol. The number of nitrogens with zero attached hydrogens (tertiary/aromatic N) is 1. The smallest absolute Gasteiger partial charge is 0.277 e. The number of nitrogens with one attached hydrogen (secondary N) is 1. The molecule has 2 aromatic carbocycles. The highest BCUT2D eigenvalue weighted by Gasteiger charge is 2.05. The van der Waals surface area contributed by atoms with Gasteiger partial charge in [-0.1, -0.05) is 35.9 Å². The second-order valence-electron chi connectivity index (χ2n) is 4.58. The van der Waals surface area contributed by atoms with E-state index in [1.54, 1.807) is 43.3 Å². The Kier molecular flexibility index (Phi) is 5.38. The van der Waals surface area contributed by atoms with Crippen LogP contribution in [0.3, 0.4) is 0 Å². The second-order valence-corrected chi connectivity index (χ2v) is 4.98. The maximum absolute atomic E-state index is 11.7. The summed E-state index contributed by atoms with van der Waals surface area (Å²) in [5, 5.41) is 4.47. The molecule has 0 saturated carbocycles. The van der Waals surface area contributed by atoms with Crippen LogP contribution in [-0.4, -0.2) is 18.2 Å². The first kappa shape index (κ1) is 15.9. The maximum atomic E-state index is 11.7. The molecule has 0 bridgehead atoms. The molecule has 1 amide bonds. The fraction of sp³-hybridized carbons (Fsp3) is 0.125. The van der Waals surface area contributed by atoms with Crippen LogP contribution in [0.1, 0.15) is 12.5 Å². The Labute approximate surface area is 133 Å². The van der Waals surface area contributed by atoms with Crippen molar-refractivity contribution in [2.24, 2.45) is 5.10 Å². The molecule has 0 unspecified atom stereocenters. The van der Waals surface area contributed by atoms with Gasteiger partial charge in [0.15, 0.2) is 6.61 Å². The summed E-state index contributed by atoms with van der Waals surface area (Å²) >= 11 is 5.93. The molecule has 114 valence electrons. The molecule has 0 radical (unpaired) electrons. The Morgan fingerprint density at radius 2 is 2.05 bits per heavy atom. The molecule has 3 N–H and O–H groups in total. The van der Waals surface area contributed by atoms with E-state index in [-0.39, 0.29) is 12.5 Å². The zero-order valence-electron chi connectivity index (χ0n) is 12.0. The molecule has 0 aliphatic rings. The molecule has 0 aliphatic carbocycles. The number of amides is 1. The third-order valence-electron chi connectivity index (χ3n) is 2.85. The number of hydrogen-bond donors (Lipinski definition) is 2. The van der Waals surface area contributed by atoms with Gasteiger partial charge in [0.05, 0.1) is 10.7 Å². The molecule has 22 heavy (non-hydrogen) atoms. The minimum absolute atomic E-state index is 0.169. The van der Waals surface area contributed by atoms with Gasteiger partial charge >= 0.3 is 0 Å². The van der Waals surface area contributed by atoms with Crippen LogP contribution in [0.4, 0.5) is 5.69 Å². The lowest BCUT2D eigenvalue weighted by Gasteiger charge is -2.07. The van der Waals surface area contributed by atoms with Gasteiger partial charge in [-0.05, 0) is 36.8 Å². The SMILES string of the molecule is C/C(=N\NC(=O)COc1ccccc1Cl)c1cccc(N)c1. The van der Waals surface area contributed by atoms with Gasteiger partial charge in [0.2, 0.25) is 0 Å². The predicted octanol–water partition coefficient (Wildman–Crippen LogP) is 2.84. The minimum atomic E-state index is -0.372. The van der Waals surface area contributed by atoms with Gasteiger partial charge in [-0.2, -0.15) is 5.10 Å². The summed E-state index contributed by atoms with van der Waals surface area (Å²) < 4.78 is 5.32. The quantitative estimate of drug-likeness (QED) is 0.506. The van der Waals surface area contributed by atoms with Crippen LogP contribution < -0.4 is 15.9 Å². The van der Waals surface area contributed by atoms with E-state index in [1.807, 2.05) is 12.1 Å². The lowest BCUT2D eigenvalue weighted by Crippen LogP contribution is -2.25. The normalized spacial score (nSPS) is 11.1. The van der Waals surface area contributed by atoms with E-state index in [2.05, 4.69) is 10.5 Å². The summed E-state index contributed by atoms with van der Waals surface area (Å²) in [6, 6.07) is 14.2. The highest BCUT2D eigenvalue weighted by Crippen LogP contribution is 2.22. The van der Waals surface area contributed by atoms with E-state index in [9.17, 15) is 4.79 Å². The molecule has 2 aromatic rings. The second kappa shape index (κ2) is 7.47.